The average molecular weight is 901 g/mol. The zero-order valence-electron chi connectivity index (χ0n) is 42.3. The number of hydrogen-bond donors (Lipinski definition) is 0. The highest BCUT2D eigenvalue weighted by molar-refractivity contribution is 6.74. The van der Waals surface area contributed by atoms with E-state index in [9.17, 15) is 9.59 Å². The molecule has 2 fully saturated rings. The standard InChI is InChI=1S/C55H88O6Si2/c1-16-19-20-21-42-22-24-43(25-23-42)26-27-44-32-34-55(35-33-44,47-28-30-49(45(17-2)36-47)60-51(56)40(4)38-58-62(12,13)53(6,7)8)48-29-31-50(46(18-3)37-48)61-52(57)41(5)39-59-63(14,15)54(9,10)11/h28-31,36-37,42-44H,4-5,16-27,32-35,38-39H2,1-3,6-15H3. The van der Waals surface area contributed by atoms with E-state index in [0.29, 0.717) is 22.6 Å². The molecule has 2 aromatic carbocycles. The fourth-order valence-corrected chi connectivity index (χ4v) is 11.0. The maximum Gasteiger partial charge on any atom is 0.341 e. The van der Waals surface area contributed by atoms with Crippen LogP contribution in [0.15, 0.2) is 60.7 Å². The van der Waals surface area contributed by atoms with E-state index in [1.807, 2.05) is 12.1 Å². The van der Waals surface area contributed by atoms with Crippen LogP contribution in [0.25, 0.3) is 0 Å². The molecule has 2 aromatic rings. The van der Waals surface area contributed by atoms with Gasteiger partial charge in [0, 0.05) is 5.41 Å². The Bertz CT molecular complexity index is 1740. The lowest BCUT2D eigenvalue weighted by Crippen LogP contribution is -2.41. The highest BCUT2D eigenvalue weighted by Crippen LogP contribution is 2.50. The summed E-state index contributed by atoms with van der Waals surface area (Å²) >= 11 is 0. The lowest BCUT2D eigenvalue weighted by molar-refractivity contribution is -0.131. The molecule has 8 heteroatoms. The van der Waals surface area contributed by atoms with E-state index in [1.165, 1.54) is 88.2 Å². The fourth-order valence-electron chi connectivity index (χ4n) is 9.10. The Morgan fingerprint density at radius 3 is 1.35 bits per heavy atom. The van der Waals surface area contributed by atoms with Crippen LogP contribution in [0.2, 0.25) is 36.3 Å². The van der Waals surface area contributed by atoms with Crippen LogP contribution in [-0.4, -0.2) is 41.8 Å². The summed E-state index contributed by atoms with van der Waals surface area (Å²) < 4.78 is 24.7. The van der Waals surface area contributed by atoms with Crippen LogP contribution in [0.1, 0.15) is 174 Å². The summed E-state index contributed by atoms with van der Waals surface area (Å²) in [5.41, 5.74) is 4.95. The van der Waals surface area contributed by atoms with Crippen LogP contribution in [0.3, 0.4) is 0 Å². The summed E-state index contributed by atoms with van der Waals surface area (Å²) in [6.07, 6.45) is 19.7. The second-order valence-electron chi connectivity index (χ2n) is 22.4. The number of unbranched alkanes of at least 4 members (excludes halogenated alkanes) is 2. The van der Waals surface area contributed by atoms with Crippen molar-refractivity contribution in [3.05, 3.63) is 83.0 Å². The summed E-state index contributed by atoms with van der Waals surface area (Å²) in [5, 5.41) is 0.0597. The molecule has 4 rings (SSSR count). The van der Waals surface area contributed by atoms with Crippen molar-refractivity contribution in [2.75, 3.05) is 13.2 Å². The van der Waals surface area contributed by atoms with E-state index < -0.39 is 28.6 Å². The molecule has 2 aliphatic rings. The van der Waals surface area contributed by atoms with Crippen molar-refractivity contribution >= 4 is 28.6 Å². The van der Waals surface area contributed by atoms with Gasteiger partial charge in [-0.25, -0.2) is 9.59 Å². The highest BCUT2D eigenvalue weighted by atomic mass is 28.4. The molecule has 0 saturated heterocycles. The quantitative estimate of drug-likeness (QED) is 0.0409. The van der Waals surface area contributed by atoms with Gasteiger partial charge < -0.3 is 18.3 Å². The van der Waals surface area contributed by atoms with Gasteiger partial charge in [-0.1, -0.05) is 164 Å². The van der Waals surface area contributed by atoms with Gasteiger partial charge in [0.05, 0.1) is 24.4 Å². The molecule has 0 unspecified atom stereocenters. The van der Waals surface area contributed by atoms with E-state index >= 15 is 0 Å². The number of ether oxygens (including phenoxy) is 2. The summed E-state index contributed by atoms with van der Waals surface area (Å²) in [7, 11) is -4.12. The highest BCUT2D eigenvalue weighted by Gasteiger charge is 2.41. The average Bonchev–Trinajstić information content (AvgIpc) is 3.24. The normalized spacial score (nSPS) is 18.8. The van der Waals surface area contributed by atoms with Crippen LogP contribution in [0, 0.1) is 17.8 Å². The smallest absolute Gasteiger partial charge is 0.341 e. The molecular formula is C55H88O6Si2. The van der Waals surface area contributed by atoms with Crippen molar-refractivity contribution in [1.29, 1.82) is 0 Å². The Hall–Kier alpha value is -2.79. The summed E-state index contributed by atoms with van der Waals surface area (Å²) in [5.74, 6) is 2.83. The van der Waals surface area contributed by atoms with Crippen LogP contribution in [0.4, 0.5) is 0 Å². The molecule has 352 valence electrons. The number of rotatable bonds is 21. The van der Waals surface area contributed by atoms with Crippen LogP contribution in [0.5, 0.6) is 11.5 Å². The molecule has 0 aromatic heterocycles. The Labute approximate surface area is 387 Å². The molecule has 2 saturated carbocycles. The number of carbonyl (C=O) groups excluding carboxylic acids is 2. The van der Waals surface area contributed by atoms with E-state index in [-0.39, 0.29) is 28.7 Å². The fraction of sp³-hybridized carbons (Fsp3) is 0.673. The third-order valence-electron chi connectivity index (χ3n) is 15.9. The SMILES string of the molecule is C=C(CO[Si](C)(C)C(C)(C)C)C(=O)Oc1ccc(C2(c3ccc(OC(=O)C(=C)CO[Si](C)(C)C(C)(C)C)c(CC)c3)CCC(CCC3CCC(CCCCC)CC3)CC2)cc1CC. The van der Waals surface area contributed by atoms with E-state index in [4.69, 9.17) is 18.3 Å². The Balaban J connectivity index is 1.56. The van der Waals surface area contributed by atoms with Crippen molar-refractivity contribution in [2.24, 2.45) is 17.8 Å². The zero-order valence-corrected chi connectivity index (χ0v) is 44.3. The van der Waals surface area contributed by atoms with Gasteiger partial charge in [0.25, 0.3) is 0 Å². The van der Waals surface area contributed by atoms with Gasteiger partial charge in [-0.3, -0.25) is 0 Å². The third kappa shape index (κ3) is 14.1. The molecule has 0 atom stereocenters. The third-order valence-corrected chi connectivity index (χ3v) is 24.9. The predicted octanol–water partition coefficient (Wildman–Crippen LogP) is 15.4. The minimum Gasteiger partial charge on any atom is -0.423 e. The molecule has 0 bridgehead atoms. The van der Waals surface area contributed by atoms with Crippen molar-refractivity contribution in [3.63, 3.8) is 0 Å². The minimum atomic E-state index is -2.06. The number of hydrogen-bond acceptors (Lipinski definition) is 6. The van der Waals surface area contributed by atoms with Gasteiger partial charge in [0.15, 0.2) is 16.6 Å². The topological polar surface area (TPSA) is 71.1 Å². The Morgan fingerprint density at radius 1 is 0.603 bits per heavy atom. The molecule has 2 aliphatic carbocycles. The molecule has 0 radical (unpaired) electrons. The lowest BCUT2D eigenvalue weighted by Gasteiger charge is -2.42. The molecule has 6 nitrogen and oxygen atoms in total. The summed E-state index contributed by atoms with van der Waals surface area (Å²) in [6, 6.07) is 12.9. The second-order valence-corrected chi connectivity index (χ2v) is 32.0. The van der Waals surface area contributed by atoms with Gasteiger partial charge in [0.1, 0.15) is 11.5 Å². The second kappa shape index (κ2) is 22.6. The maximum absolute atomic E-state index is 13.4. The molecule has 0 spiro atoms. The molecule has 0 heterocycles. The summed E-state index contributed by atoms with van der Waals surface area (Å²) in [4.78, 5) is 26.8. The molecule has 0 aliphatic heterocycles. The molecule has 0 amide bonds. The van der Waals surface area contributed by atoms with Gasteiger partial charge in [-0.05, 0) is 127 Å². The number of carbonyl (C=O) groups is 2. The first-order chi connectivity index (χ1) is 29.5. The number of benzene rings is 2. The van der Waals surface area contributed by atoms with Crippen molar-refractivity contribution in [2.45, 2.75) is 207 Å². The van der Waals surface area contributed by atoms with Crippen molar-refractivity contribution < 1.29 is 27.9 Å². The van der Waals surface area contributed by atoms with E-state index in [2.05, 4.69) is 126 Å². The van der Waals surface area contributed by atoms with Gasteiger partial charge in [0.2, 0.25) is 0 Å². The van der Waals surface area contributed by atoms with Crippen LogP contribution >= 0.6 is 0 Å². The molecule has 0 N–H and O–H groups in total. The van der Waals surface area contributed by atoms with Gasteiger partial charge in [-0.15, -0.1) is 0 Å². The van der Waals surface area contributed by atoms with Crippen molar-refractivity contribution in [3.8, 4) is 11.5 Å². The molecular weight excluding hydrogens is 813 g/mol. The van der Waals surface area contributed by atoms with Crippen molar-refractivity contribution in [1.82, 2.24) is 0 Å². The first-order valence-electron chi connectivity index (χ1n) is 24.8. The predicted molar refractivity (Wildman–Crippen MR) is 269 cm³/mol. The largest absolute Gasteiger partial charge is 0.423 e. The summed E-state index contributed by atoms with van der Waals surface area (Å²) in [6.45, 7) is 36.9. The number of aryl methyl sites for hydroxylation is 2. The van der Waals surface area contributed by atoms with Crippen LogP contribution < -0.4 is 9.47 Å². The van der Waals surface area contributed by atoms with E-state index in [0.717, 1.165) is 54.6 Å². The monoisotopic (exact) mass is 901 g/mol. The Morgan fingerprint density at radius 2 is 0.984 bits per heavy atom. The number of esters is 2. The first-order valence-corrected chi connectivity index (χ1v) is 30.6. The van der Waals surface area contributed by atoms with E-state index in [1.54, 1.807) is 0 Å². The Kier molecular flexibility index (Phi) is 19.0. The first kappa shape index (κ1) is 52.8. The zero-order chi connectivity index (χ0) is 46.8. The maximum atomic E-state index is 13.4. The minimum absolute atomic E-state index is 0.0298. The van der Waals surface area contributed by atoms with Gasteiger partial charge >= 0.3 is 11.9 Å². The lowest BCUT2D eigenvalue weighted by atomic mass is 9.62. The van der Waals surface area contributed by atoms with Crippen LogP contribution in [-0.2, 0) is 36.7 Å². The van der Waals surface area contributed by atoms with Gasteiger partial charge in [-0.2, -0.15) is 0 Å². The molecule has 63 heavy (non-hydrogen) atoms.